The van der Waals surface area contributed by atoms with Gasteiger partial charge in [-0.05, 0) is 66.8 Å². The Balaban J connectivity index is 1.69. The summed E-state index contributed by atoms with van der Waals surface area (Å²) in [5.41, 5.74) is 4.95. The summed E-state index contributed by atoms with van der Waals surface area (Å²) in [6.07, 6.45) is 1.02. The fraction of sp³-hybridized carbons (Fsp3) is 0.400. The van der Waals surface area contributed by atoms with E-state index < -0.39 is 11.6 Å². The zero-order valence-corrected chi connectivity index (χ0v) is 23.4. The van der Waals surface area contributed by atoms with E-state index in [0.29, 0.717) is 30.5 Å². The Hall–Kier alpha value is -3.56. The molecule has 0 saturated carbocycles. The average Bonchev–Trinajstić information content (AvgIpc) is 3.16. The first-order valence-electron chi connectivity index (χ1n) is 13.0. The minimum Gasteiger partial charge on any atom is -0.489 e. The summed E-state index contributed by atoms with van der Waals surface area (Å²) in [6, 6.07) is 9.66. The van der Waals surface area contributed by atoms with Crippen molar-refractivity contribution in [3.8, 4) is 16.9 Å². The lowest BCUT2D eigenvalue weighted by atomic mass is 9.87. The minimum atomic E-state index is -1.05. The SMILES string of the molecule is CNCc1cc(=O)n(C)c2ccc(-c3ccc(F)c(F)c3OCCc3c(CC(C)(C)CO)nn(C)c3C)cc12. The molecule has 7 nitrogen and oxygen atoms in total. The normalized spacial score (nSPS) is 11.9. The van der Waals surface area contributed by atoms with Crippen molar-refractivity contribution < 1.29 is 18.6 Å². The highest BCUT2D eigenvalue weighted by Gasteiger charge is 2.24. The van der Waals surface area contributed by atoms with Gasteiger partial charge in [0.2, 0.25) is 5.82 Å². The number of halogens is 2. The van der Waals surface area contributed by atoms with Gasteiger partial charge in [0.25, 0.3) is 5.56 Å². The van der Waals surface area contributed by atoms with Crippen molar-refractivity contribution in [1.29, 1.82) is 0 Å². The van der Waals surface area contributed by atoms with Crippen LogP contribution in [-0.4, -0.2) is 39.7 Å². The van der Waals surface area contributed by atoms with Crippen LogP contribution < -0.4 is 15.6 Å². The van der Waals surface area contributed by atoms with Crippen molar-refractivity contribution in [2.45, 2.75) is 40.2 Å². The van der Waals surface area contributed by atoms with E-state index in [0.717, 1.165) is 39.5 Å². The Labute approximate surface area is 227 Å². The fourth-order valence-corrected chi connectivity index (χ4v) is 4.88. The van der Waals surface area contributed by atoms with Crippen LogP contribution in [0.2, 0.25) is 0 Å². The second-order valence-electron chi connectivity index (χ2n) is 10.8. The monoisotopic (exact) mass is 538 g/mol. The first kappa shape index (κ1) is 28.4. The van der Waals surface area contributed by atoms with Gasteiger partial charge < -0.3 is 19.7 Å². The largest absolute Gasteiger partial charge is 0.489 e. The first-order chi connectivity index (χ1) is 18.5. The van der Waals surface area contributed by atoms with Gasteiger partial charge in [0.05, 0.1) is 17.8 Å². The molecule has 4 rings (SSSR count). The third-order valence-electron chi connectivity index (χ3n) is 7.27. The number of aliphatic hydroxyl groups is 1. The number of nitrogens with zero attached hydrogens (tertiary/aromatic N) is 3. The quantitative estimate of drug-likeness (QED) is 0.312. The summed E-state index contributed by atoms with van der Waals surface area (Å²) in [6.45, 7) is 6.50. The molecule has 0 amide bonds. The van der Waals surface area contributed by atoms with E-state index in [4.69, 9.17) is 4.74 Å². The molecule has 0 aliphatic rings. The number of nitrogens with one attached hydrogen (secondary N) is 1. The van der Waals surface area contributed by atoms with Crippen molar-refractivity contribution in [3.05, 3.63) is 80.9 Å². The van der Waals surface area contributed by atoms with Crippen LogP contribution >= 0.6 is 0 Å². The summed E-state index contributed by atoms with van der Waals surface area (Å²) in [5.74, 6) is -2.20. The Morgan fingerprint density at radius 1 is 1.13 bits per heavy atom. The number of aryl methyl sites for hydroxylation is 2. The molecule has 208 valence electrons. The number of hydrogen-bond acceptors (Lipinski definition) is 5. The van der Waals surface area contributed by atoms with Gasteiger partial charge in [-0.25, -0.2) is 4.39 Å². The van der Waals surface area contributed by atoms with E-state index in [-0.39, 0.29) is 29.9 Å². The molecular formula is C30H36F2N4O3. The Bertz CT molecular complexity index is 1570. The van der Waals surface area contributed by atoms with Gasteiger partial charge in [-0.15, -0.1) is 0 Å². The van der Waals surface area contributed by atoms with Gasteiger partial charge in [0, 0.05) is 56.4 Å². The molecule has 0 spiro atoms. The maximum absolute atomic E-state index is 15.1. The molecule has 2 heterocycles. The van der Waals surface area contributed by atoms with Crippen molar-refractivity contribution >= 4 is 10.9 Å². The van der Waals surface area contributed by atoms with Crippen LogP contribution in [-0.2, 0) is 33.5 Å². The standard InChI is InChI=1S/C30H36F2N4O3/c1-18-21(25(34-36(18)6)15-30(2,3)17-37)11-12-39-29-22(8-9-24(31)28(29)32)19-7-10-26-23(13-19)20(16-33-4)14-27(38)35(26)5/h7-10,13-14,33,37H,11-12,15-17H2,1-6H3. The lowest BCUT2D eigenvalue weighted by molar-refractivity contribution is 0.158. The van der Waals surface area contributed by atoms with Gasteiger partial charge in [-0.3, -0.25) is 9.48 Å². The summed E-state index contributed by atoms with van der Waals surface area (Å²) in [4.78, 5) is 12.4. The van der Waals surface area contributed by atoms with Gasteiger partial charge in [0.1, 0.15) is 0 Å². The van der Waals surface area contributed by atoms with Crippen LogP contribution in [0.3, 0.4) is 0 Å². The lowest BCUT2D eigenvalue weighted by Crippen LogP contribution is -2.21. The van der Waals surface area contributed by atoms with E-state index in [1.54, 1.807) is 35.5 Å². The highest BCUT2D eigenvalue weighted by molar-refractivity contribution is 5.88. The van der Waals surface area contributed by atoms with Crippen LogP contribution in [0, 0.1) is 24.0 Å². The van der Waals surface area contributed by atoms with Crippen molar-refractivity contribution in [2.24, 2.45) is 19.5 Å². The number of ether oxygens (including phenoxy) is 1. The predicted molar refractivity (Wildman–Crippen MR) is 149 cm³/mol. The van der Waals surface area contributed by atoms with Crippen molar-refractivity contribution in [1.82, 2.24) is 19.7 Å². The fourth-order valence-electron chi connectivity index (χ4n) is 4.88. The average molecular weight is 539 g/mol. The molecule has 0 saturated heterocycles. The van der Waals surface area contributed by atoms with E-state index in [9.17, 15) is 14.3 Å². The third kappa shape index (κ3) is 5.74. The highest BCUT2D eigenvalue weighted by atomic mass is 19.2. The van der Waals surface area contributed by atoms with Gasteiger partial charge in [-0.1, -0.05) is 19.9 Å². The van der Waals surface area contributed by atoms with Crippen molar-refractivity contribution in [3.63, 3.8) is 0 Å². The lowest BCUT2D eigenvalue weighted by Gasteiger charge is -2.21. The molecule has 2 N–H and O–H groups in total. The summed E-state index contributed by atoms with van der Waals surface area (Å²) in [7, 11) is 5.36. The third-order valence-corrected chi connectivity index (χ3v) is 7.27. The number of aliphatic hydroxyl groups excluding tert-OH is 1. The highest BCUT2D eigenvalue weighted by Crippen LogP contribution is 2.36. The van der Waals surface area contributed by atoms with Crippen LogP contribution in [0.4, 0.5) is 8.78 Å². The second-order valence-corrected chi connectivity index (χ2v) is 10.8. The van der Waals surface area contributed by atoms with Crippen LogP contribution in [0.5, 0.6) is 5.75 Å². The number of rotatable bonds is 10. The van der Waals surface area contributed by atoms with Crippen LogP contribution in [0.1, 0.15) is 36.4 Å². The van der Waals surface area contributed by atoms with Crippen LogP contribution in [0.15, 0.2) is 41.2 Å². The van der Waals surface area contributed by atoms with E-state index in [1.807, 2.05) is 40.0 Å². The topological polar surface area (TPSA) is 81.3 Å². The Morgan fingerprint density at radius 3 is 2.56 bits per heavy atom. The number of hydrogen-bond donors (Lipinski definition) is 2. The van der Waals surface area contributed by atoms with E-state index in [1.165, 1.54) is 6.07 Å². The molecule has 0 radical (unpaired) electrons. The summed E-state index contributed by atoms with van der Waals surface area (Å²) in [5, 5.41) is 18.3. The summed E-state index contributed by atoms with van der Waals surface area (Å²) < 4.78 is 38.8. The van der Waals surface area contributed by atoms with Gasteiger partial charge >= 0.3 is 0 Å². The molecule has 0 unspecified atom stereocenters. The summed E-state index contributed by atoms with van der Waals surface area (Å²) >= 11 is 0. The molecule has 0 fully saturated rings. The molecular weight excluding hydrogens is 502 g/mol. The Kier molecular flexibility index (Phi) is 8.23. The number of aromatic nitrogens is 3. The smallest absolute Gasteiger partial charge is 0.251 e. The van der Waals surface area contributed by atoms with E-state index in [2.05, 4.69) is 10.4 Å². The molecule has 2 aromatic carbocycles. The molecule has 0 aliphatic heterocycles. The maximum Gasteiger partial charge on any atom is 0.251 e. The molecule has 2 aromatic heterocycles. The second kappa shape index (κ2) is 11.3. The maximum atomic E-state index is 15.1. The predicted octanol–water partition coefficient (Wildman–Crippen LogP) is 4.43. The molecule has 0 aliphatic carbocycles. The minimum absolute atomic E-state index is 0.0202. The molecule has 0 atom stereocenters. The molecule has 0 bridgehead atoms. The molecule has 39 heavy (non-hydrogen) atoms. The number of pyridine rings is 1. The van der Waals surface area contributed by atoms with Gasteiger partial charge in [-0.2, -0.15) is 9.49 Å². The Morgan fingerprint density at radius 2 is 1.87 bits per heavy atom. The van der Waals surface area contributed by atoms with Crippen molar-refractivity contribution in [2.75, 3.05) is 20.3 Å². The zero-order valence-electron chi connectivity index (χ0n) is 23.4. The van der Waals surface area contributed by atoms with Crippen LogP contribution in [0.25, 0.3) is 22.0 Å². The van der Waals surface area contributed by atoms with E-state index >= 15 is 4.39 Å². The molecule has 9 heteroatoms. The number of fused-ring (bicyclic) bond motifs is 1. The zero-order chi connectivity index (χ0) is 28.5. The first-order valence-corrected chi connectivity index (χ1v) is 13.0. The number of benzene rings is 2. The van der Waals surface area contributed by atoms with Gasteiger partial charge in [0.15, 0.2) is 11.6 Å². The molecule has 4 aromatic rings.